The smallest absolute Gasteiger partial charge is 0.313 e. The molecule has 0 unspecified atom stereocenters. The normalized spacial score (nSPS) is 10.1. The summed E-state index contributed by atoms with van der Waals surface area (Å²) in [7, 11) is 3.14. The second-order valence-electron chi connectivity index (χ2n) is 3.05. The van der Waals surface area contributed by atoms with E-state index in [0.29, 0.717) is 23.0 Å². The first-order valence-electron chi connectivity index (χ1n) is 4.55. The van der Waals surface area contributed by atoms with Crippen molar-refractivity contribution in [3.8, 4) is 23.0 Å². The molecule has 16 heavy (non-hydrogen) atoms. The first-order valence-corrected chi connectivity index (χ1v) is 4.55. The van der Waals surface area contributed by atoms with Gasteiger partial charge in [0.2, 0.25) is 5.89 Å². The Labute approximate surface area is 92.0 Å². The number of hydrogen-bond acceptors (Lipinski definition) is 6. The van der Waals surface area contributed by atoms with E-state index in [2.05, 4.69) is 10.2 Å². The van der Waals surface area contributed by atoms with Gasteiger partial charge in [0.15, 0.2) is 0 Å². The van der Waals surface area contributed by atoms with Crippen molar-refractivity contribution in [2.45, 2.75) is 0 Å². The zero-order valence-corrected chi connectivity index (χ0v) is 8.93. The molecule has 0 amide bonds. The molecular formula is C10H11N3O3. The highest BCUT2D eigenvalue weighted by Crippen LogP contribution is 2.29. The van der Waals surface area contributed by atoms with E-state index in [1.807, 2.05) is 0 Å². The van der Waals surface area contributed by atoms with Gasteiger partial charge < -0.3 is 19.6 Å². The second-order valence-corrected chi connectivity index (χ2v) is 3.05. The first-order chi connectivity index (χ1) is 7.72. The molecule has 0 atom stereocenters. The third-order valence-corrected chi connectivity index (χ3v) is 2.04. The molecule has 0 saturated carbocycles. The molecule has 84 valence electrons. The molecule has 0 spiro atoms. The van der Waals surface area contributed by atoms with Crippen LogP contribution in [0.3, 0.4) is 0 Å². The molecule has 0 fully saturated rings. The van der Waals surface area contributed by atoms with Crippen LogP contribution in [0.2, 0.25) is 0 Å². The maximum atomic E-state index is 5.35. The minimum Gasteiger partial charge on any atom is -0.497 e. The van der Waals surface area contributed by atoms with Crippen LogP contribution in [0.25, 0.3) is 11.5 Å². The Morgan fingerprint density at radius 3 is 2.12 bits per heavy atom. The van der Waals surface area contributed by atoms with Gasteiger partial charge in [-0.2, -0.15) is 0 Å². The summed E-state index contributed by atoms with van der Waals surface area (Å²) in [5.74, 6) is 1.62. The van der Waals surface area contributed by atoms with E-state index in [4.69, 9.17) is 19.6 Å². The number of aromatic nitrogens is 2. The van der Waals surface area contributed by atoms with Crippen LogP contribution >= 0.6 is 0 Å². The Balaban J connectivity index is 2.47. The third kappa shape index (κ3) is 1.90. The molecule has 1 heterocycles. The average Bonchev–Trinajstić information content (AvgIpc) is 2.75. The lowest BCUT2D eigenvalue weighted by Crippen LogP contribution is -1.88. The summed E-state index contributed by atoms with van der Waals surface area (Å²) in [5, 5.41) is 7.37. The predicted molar refractivity (Wildman–Crippen MR) is 57.3 cm³/mol. The van der Waals surface area contributed by atoms with Crippen molar-refractivity contribution in [1.82, 2.24) is 10.2 Å². The van der Waals surface area contributed by atoms with E-state index in [1.54, 1.807) is 32.4 Å². The van der Waals surface area contributed by atoms with Gasteiger partial charge >= 0.3 is 6.01 Å². The first kappa shape index (κ1) is 10.3. The molecule has 6 nitrogen and oxygen atoms in total. The third-order valence-electron chi connectivity index (χ3n) is 2.04. The van der Waals surface area contributed by atoms with Gasteiger partial charge in [0.25, 0.3) is 0 Å². The Morgan fingerprint density at radius 2 is 1.69 bits per heavy atom. The summed E-state index contributed by atoms with van der Waals surface area (Å²) in [4.78, 5) is 0. The average molecular weight is 221 g/mol. The number of anilines is 1. The van der Waals surface area contributed by atoms with Crippen LogP contribution in [0.1, 0.15) is 0 Å². The van der Waals surface area contributed by atoms with Crippen molar-refractivity contribution in [3.05, 3.63) is 18.2 Å². The molecule has 1 aromatic heterocycles. The predicted octanol–water partition coefficient (Wildman–Crippen LogP) is 1.34. The monoisotopic (exact) mass is 221 g/mol. The Hall–Kier alpha value is -2.24. The summed E-state index contributed by atoms with van der Waals surface area (Å²) >= 11 is 0. The topological polar surface area (TPSA) is 83.4 Å². The van der Waals surface area contributed by atoms with Crippen molar-refractivity contribution >= 4 is 6.01 Å². The lowest BCUT2D eigenvalue weighted by atomic mass is 10.2. The molecule has 2 rings (SSSR count). The maximum Gasteiger partial charge on any atom is 0.313 e. The molecule has 2 N–H and O–H groups in total. The van der Waals surface area contributed by atoms with Crippen molar-refractivity contribution < 1.29 is 13.9 Å². The fourth-order valence-electron chi connectivity index (χ4n) is 1.28. The maximum absolute atomic E-state index is 5.35. The number of nitrogen functional groups attached to an aromatic ring is 1. The number of rotatable bonds is 3. The quantitative estimate of drug-likeness (QED) is 0.841. The van der Waals surface area contributed by atoms with E-state index in [0.717, 1.165) is 0 Å². The number of ether oxygens (including phenoxy) is 2. The Kier molecular flexibility index (Phi) is 2.63. The Morgan fingerprint density at radius 1 is 1.06 bits per heavy atom. The zero-order valence-electron chi connectivity index (χ0n) is 8.93. The molecule has 0 aliphatic rings. The van der Waals surface area contributed by atoms with Crippen molar-refractivity contribution in [1.29, 1.82) is 0 Å². The molecular weight excluding hydrogens is 210 g/mol. The number of methoxy groups -OCH3 is 2. The van der Waals surface area contributed by atoms with Crippen LogP contribution < -0.4 is 15.2 Å². The highest BCUT2D eigenvalue weighted by Gasteiger charge is 2.09. The van der Waals surface area contributed by atoms with Gasteiger partial charge in [-0.15, -0.1) is 5.10 Å². The molecule has 1 aromatic carbocycles. The van der Waals surface area contributed by atoms with Crippen LogP contribution in [0, 0.1) is 0 Å². The van der Waals surface area contributed by atoms with E-state index in [-0.39, 0.29) is 6.01 Å². The number of nitrogens with zero attached hydrogens (tertiary/aromatic N) is 2. The van der Waals surface area contributed by atoms with E-state index >= 15 is 0 Å². The van der Waals surface area contributed by atoms with Crippen LogP contribution in [-0.2, 0) is 0 Å². The summed E-state index contributed by atoms with van der Waals surface area (Å²) in [6, 6.07) is 5.30. The molecule has 0 aliphatic heterocycles. The van der Waals surface area contributed by atoms with Crippen molar-refractivity contribution in [3.63, 3.8) is 0 Å². The number of nitrogens with two attached hydrogens (primary N) is 1. The van der Waals surface area contributed by atoms with Crippen LogP contribution in [0.15, 0.2) is 22.6 Å². The highest BCUT2D eigenvalue weighted by atomic mass is 16.5. The lowest BCUT2D eigenvalue weighted by Gasteiger charge is -2.05. The van der Waals surface area contributed by atoms with E-state index < -0.39 is 0 Å². The molecule has 0 aliphatic carbocycles. The van der Waals surface area contributed by atoms with Gasteiger partial charge in [-0.05, 0) is 12.1 Å². The lowest BCUT2D eigenvalue weighted by molar-refractivity contribution is 0.394. The van der Waals surface area contributed by atoms with Gasteiger partial charge in [-0.25, -0.2) is 0 Å². The van der Waals surface area contributed by atoms with Gasteiger partial charge in [-0.1, -0.05) is 5.10 Å². The molecule has 2 aromatic rings. The van der Waals surface area contributed by atoms with E-state index in [9.17, 15) is 0 Å². The minimum atomic E-state index is 0.0248. The Bertz CT molecular complexity index is 474. The second kappa shape index (κ2) is 4.09. The van der Waals surface area contributed by atoms with Crippen molar-refractivity contribution in [2.24, 2.45) is 0 Å². The number of hydrogen-bond donors (Lipinski definition) is 1. The van der Waals surface area contributed by atoms with Crippen LogP contribution in [-0.4, -0.2) is 24.4 Å². The van der Waals surface area contributed by atoms with Gasteiger partial charge in [0.05, 0.1) is 14.2 Å². The summed E-state index contributed by atoms with van der Waals surface area (Å²) in [5.41, 5.74) is 6.05. The standard InChI is InChI=1S/C10H11N3O3/c1-14-7-3-6(4-8(5-7)15-2)9-12-13-10(11)16-9/h3-5H,1-2H3,(H2,11,13). The van der Waals surface area contributed by atoms with Crippen molar-refractivity contribution in [2.75, 3.05) is 20.0 Å². The molecule has 0 saturated heterocycles. The van der Waals surface area contributed by atoms with Gasteiger partial charge in [-0.3, -0.25) is 0 Å². The van der Waals surface area contributed by atoms with E-state index in [1.165, 1.54) is 0 Å². The van der Waals surface area contributed by atoms with Crippen LogP contribution in [0.4, 0.5) is 6.01 Å². The summed E-state index contributed by atoms with van der Waals surface area (Å²) < 4.78 is 15.4. The largest absolute Gasteiger partial charge is 0.497 e. The zero-order chi connectivity index (χ0) is 11.5. The van der Waals surface area contributed by atoms with Crippen LogP contribution in [0.5, 0.6) is 11.5 Å². The number of benzene rings is 1. The SMILES string of the molecule is COc1cc(OC)cc(-c2nnc(N)o2)c1. The molecule has 6 heteroatoms. The molecule has 0 bridgehead atoms. The van der Waals surface area contributed by atoms with Gasteiger partial charge in [0.1, 0.15) is 11.5 Å². The summed E-state index contributed by atoms with van der Waals surface area (Å²) in [6.45, 7) is 0. The minimum absolute atomic E-state index is 0.0248. The fourth-order valence-corrected chi connectivity index (χ4v) is 1.28. The highest BCUT2D eigenvalue weighted by molar-refractivity contribution is 5.59. The molecule has 0 radical (unpaired) electrons. The fraction of sp³-hybridized carbons (Fsp3) is 0.200. The van der Waals surface area contributed by atoms with Gasteiger partial charge in [0, 0.05) is 11.6 Å². The summed E-state index contributed by atoms with van der Waals surface area (Å²) in [6.07, 6.45) is 0.